The molecule has 0 spiro atoms. The Morgan fingerprint density at radius 2 is 2.11 bits per heavy atom. The number of hydrogen-bond acceptors (Lipinski definition) is 4. The number of nitrogens with two attached hydrogens (primary N) is 2. The number of nitrogens with one attached hydrogen (secondary N) is 1. The molecule has 1 atom stereocenters. The van der Waals surface area contributed by atoms with Crippen LogP contribution in [0.1, 0.15) is 17.2 Å². The highest BCUT2D eigenvalue weighted by atomic mass is 79.9. The van der Waals surface area contributed by atoms with Gasteiger partial charge in [0, 0.05) is 22.6 Å². The van der Waals surface area contributed by atoms with Crippen LogP contribution in [0.15, 0.2) is 41.1 Å². The lowest BCUT2D eigenvalue weighted by atomic mass is 9.99. The van der Waals surface area contributed by atoms with E-state index in [0.717, 1.165) is 10.0 Å². The normalized spacial score (nSPS) is 12.4. The van der Waals surface area contributed by atoms with Crippen molar-refractivity contribution in [3.8, 4) is 0 Å². The van der Waals surface area contributed by atoms with Crippen LogP contribution in [-0.4, -0.2) is 4.98 Å². The molecule has 0 aliphatic heterocycles. The van der Waals surface area contributed by atoms with Gasteiger partial charge in [-0.1, -0.05) is 0 Å². The standard InChI is InChI=1S/C13H14BrFN4/c14-9-3-8(6-18-7-9)4-13(19-17)11-5-10(15)1-2-12(11)16/h1-3,5-7,13,19H,4,16-17H2. The minimum Gasteiger partial charge on any atom is -0.398 e. The van der Waals surface area contributed by atoms with Crippen molar-refractivity contribution in [1.29, 1.82) is 0 Å². The van der Waals surface area contributed by atoms with E-state index < -0.39 is 0 Å². The molecule has 1 aromatic carbocycles. The fraction of sp³-hybridized carbons (Fsp3) is 0.154. The minimum atomic E-state index is -0.336. The SMILES string of the molecule is NNC(Cc1cncc(Br)c1)c1cc(F)ccc1N. The van der Waals surface area contributed by atoms with E-state index in [-0.39, 0.29) is 11.9 Å². The van der Waals surface area contributed by atoms with Gasteiger partial charge in [-0.3, -0.25) is 16.3 Å². The highest BCUT2D eigenvalue weighted by Crippen LogP contribution is 2.24. The Hall–Kier alpha value is -1.50. The van der Waals surface area contributed by atoms with Crippen LogP contribution in [0.2, 0.25) is 0 Å². The van der Waals surface area contributed by atoms with Crippen molar-refractivity contribution in [3.05, 3.63) is 58.1 Å². The van der Waals surface area contributed by atoms with Gasteiger partial charge in [-0.15, -0.1) is 0 Å². The molecule has 2 aromatic rings. The lowest BCUT2D eigenvalue weighted by molar-refractivity contribution is 0.545. The van der Waals surface area contributed by atoms with E-state index in [4.69, 9.17) is 11.6 Å². The summed E-state index contributed by atoms with van der Waals surface area (Å²) in [4.78, 5) is 4.08. The van der Waals surface area contributed by atoms with Crippen LogP contribution in [0.3, 0.4) is 0 Å². The average molecular weight is 325 g/mol. The minimum absolute atomic E-state index is 0.271. The maximum absolute atomic E-state index is 13.3. The van der Waals surface area contributed by atoms with Gasteiger partial charge < -0.3 is 5.73 Å². The van der Waals surface area contributed by atoms with Crippen molar-refractivity contribution in [2.24, 2.45) is 5.84 Å². The molecule has 1 heterocycles. The van der Waals surface area contributed by atoms with Crippen molar-refractivity contribution in [1.82, 2.24) is 10.4 Å². The number of nitrogen functional groups attached to an aromatic ring is 1. The second kappa shape index (κ2) is 6.10. The Bertz CT molecular complexity index is 576. The molecule has 1 aromatic heterocycles. The highest BCUT2D eigenvalue weighted by molar-refractivity contribution is 9.10. The number of halogens is 2. The van der Waals surface area contributed by atoms with Crippen molar-refractivity contribution in [3.63, 3.8) is 0 Å². The summed E-state index contributed by atoms with van der Waals surface area (Å²) in [6, 6.07) is 5.92. The molecule has 1 unspecified atom stereocenters. The van der Waals surface area contributed by atoms with Gasteiger partial charge in [-0.25, -0.2) is 4.39 Å². The zero-order valence-electron chi connectivity index (χ0n) is 10.1. The van der Waals surface area contributed by atoms with E-state index in [2.05, 4.69) is 26.3 Å². The number of anilines is 1. The molecule has 19 heavy (non-hydrogen) atoms. The summed E-state index contributed by atoms with van der Waals surface area (Å²) >= 11 is 3.36. The number of rotatable bonds is 4. The zero-order chi connectivity index (χ0) is 13.8. The second-order valence-corrected chi connectivity index (χ2v) is 5.12. The molecule has 0 amide bonds. The smallest absolute Gasteiger partial charge is 0.123 e. The summed E-state index contributed by atoms with van der Waals surface area (Å²) in [7, 11) is 0. The Morgan fingerprint density at radius 1 is 1.32 bits per heavy atom. The van der Waals surface area contributed by atoms with Gasteiger partial charge in [0.15, 0.2) is 0 Å². The first-order valence-electron chi connectivity index (χ1n) is 5.70. The van der Waals surface area contributed by atoms with Gasteiger partial charge in [0.05, 0.1) is 6.04 Å². The third kappa shape index (κ3) is 3.50. The largest absolute Gasteiger partial charge is 0.398 e. The van der Waals surface area contributed by atoms with Crippen molar-refractivity contribution >= 4 is 21.6 Å². The first kappa shape index (κ1) is 13.9. The molecule has 0 saturated heterocycles. The van der Waals surface area contributed by atoms with E-state index in [1.54, 1.807) is 12.4 Å². The molecular weight excluding hydrogens is 311 g/mol. The van der Waals surface area contributed by atoms with Crippen molar-refractivity contribution < 1.29 is 4.39 Å². The Labute approximate surface area is 119 Å². The molecule has 6 heteroatoms. The van der Waals surface area contributed by atoms with Crippen molar-refractivity contribution in [2.45, 2.75) is 12.5 Å². The highest BCUT2D eigenvalue weighted by Gasteiger charge is 2.15. The lowest BCUT2D eigenvalue weighted by Gasteiger charge is -2.18. The Balaban J connectivity index is 2.27. The quantitative estimate of drug-likeness (QED) is 0.458. The van der Waals surface area contributed by atoms with E-state index in [1.807, 2.05) is 6.07 Å². The third-order valence-electron chi connectivity index (χ3n) is 2.83. The molecule has 100 valence electrons. The number of nitrogens with zero attached hydrogens (tertiary/aromatic N) is 1. The maximum Gasteiger partial charge on any atom is 0.123 e. The number of aromatic nitrogens is 1. The van der Waals surface area contributed by atoms with Gasteiger partial charge in [0.25, 0.3) is 0 Å². The molecule has 0 fully saturated rings. The topological polar surface area (TPSA) is 77.0 Å². The molecule has 0 aliphatic carbocycles. The van der Waals surface area contributed by atoms with Crippen LogP contribution >= 0.6 is 15.9 Å². The summed E-state index contributed by atoms with van der Waals surface area (Å²) in [5.41, 5.74) is 10.6. The molecule has 2 rings (SSSR count). The van der Waals surface area contributed by atoms with Crippen LogP contribution in [0, 0.1) is 5.82 Å². The molecular formula is C13H14BrFN4. The Morgan fingerprint density at radius 3 is 2.79 bits per heavy atom. The van der Waals surface area contributed by atoms with Gasteiger partial charge in [0.2, 0.25) is 0 Å². The summed E-state index contributed by atoms with van der Waals surface area (Å²) < 4.78 is 14.2. The van der Waals surface area contributed by atoms with Gasteiger partial charge in [-0.05, 0) is 57.7 Å². The van der Waals surface area contributed by atoms with Crippen LogP contribution in [0.5, 0.6) is 0 Å². The number of pyridine rings is 1. The van der Waals surface area contributed by atoms with Crippen LogP contribution < -0.4 is 17.0 Å². The van der Waals surface area contributed by atoms with Gasteiger partial charge in [0.1, 0.15) is 5.82 Å². The molecule has 0 saturated carbocycles. The molecule has 0 bridgehead atoms. The maximum atomic E-state index is 13.3. The summed E-state index contributed by atoms with van der Waals surface area (Å²) in [5.74, 6) is 5.21. The fourth-order valence-electron chi connectivity index (χ4n) is 1.91. The predicted molar refractivity (Wildman–Crippen MR) is 76.5 cm³/mol. The molecule has 0 radical (unpaired) electrons. The monoisotopic (exact) mass is 324 g/mol. The zero-order valence-corrected chi connectivity index (χ0v) is 11.7. The Kier molecular flexibility index (Phi) is 4.47. The van der Waals surface area contributed by atoms with Crippen LogP contribution in [0.25, 0.3) is 0 Å². The van der Waals surface area contributed by atoms with Crippen molar-refractivity contribution in [2.75, 3.05) is 5.73 Å². The predicted octanol–water partition coefficient (Wildman–Crippen LogP) is 2.31. The van der Waals surface area contributed by atoms with E-state index in [1.165, 1.54) is 18.2 Å². The summed E-state index contributed by atoms with van der Waals surface area (Å²) in [5, 5.41) is 0. The number of hydrogen-bond donors (Lipinski definition) is 3. The summed E-state index contributed by atoms with van der Waals surface area (Å²) in [6.07, 6.45) is 4.01. The van der Waals surface area contributed by atoms with E-state index in [0.29, 0.717) is 17.7 Å². The number of hydrazine groups is 1. The first-order valence-corrected chi connectivity index (χ1v) is 6.50. The first-order chi connectivity index (χ1) is 9.10. The second-order valence-electron chi connectivity index (χ2n) is 4.21. The van der Waals surface area contributed by atoms with Crippen LogP contribution in [-0.2, 0) is 6.42 Å². The van der Waals surface area contributed by atoms with E-state index in [9.17, 15) is 4.39 Å². The third-order valence-corrected chi connectivity index (χ3v) is 3.26. The van der Waals surface area contributed by atoms with Gasteiger partial charge in [-0.2, -0.15) is 0 Å². The average Bonchev–Trinajstić information content (AvgIpc) is 2.39. The summed E-state index contributed by atoms with van der Waals surface area (Å²) in [6.45, 7) is 0. The molecule has 5 N–H and O–H groups in total. The van der Waals surface area contributed by atoms with Crippen LogP contribution in [0.4, 0.5) is 10.1 Å². The number of benzene rings is 1. The molecule has 4 nitrogen and oxygen atoms in total. The fourth-order valence-corrected chi connectivity index (χ4v) is 2.32. The van der Waals surface area contributed by atoms with Gasteiger partial charge >= 0.3 is 0 Å². The molecule has 0 aliphatic rings. The lowest BCUT2D eigenvalue weighted by Crippen LogP contribution is -2.30. The van der Waals surface area contributed by atoms with E-state index >= 15 is 0 Å².